The van der Waals surface area contributed by atoms with Gasteiger partial charge in [-0.3, -0.25) is 4.79 Å². The lowest BCUT2D eigenvalue weighted by molar-refractivity contribution is 0.101. The molecule has 0 heterocycles. The number of nitrogens with one attached hydrogen (secondary N) is 1. The van der Waals surface area contributed by atoms with Crippen LogP contribution in [0, 0.1) is 13.8 Å². The Morgan fingerprint density at radius 2 is 1.85 bits per heavy atom. The van der Waals surface area contributed by atoms with Crippen molar-refractivity contribution in [2.75, 3.05) is 11.9 Å². The first-order valence-electron chi connectivity index (χ1n) is 7.04. The number of rotatable bonds is 5. The first-order valence-corrected chi connectivity index (χ1v) is 7.04. The lowest BCUT2D eigenvalue weighted by Gasteiger charge is -2.11. The molecule has 104 valence electrons. The summed E-state index contributed by atoms with van der Waals surface area (Å²) in [6.45, 7) is 6.44. The zero-order chi connectivity index (χ0) is 14.5. The van der Waals surface area contributed by atoms with Crippen LogP contribution in [0.1, 0.15) is 34.0 Å². The Bertz CT molecular complexity index is 617. The third-order valence-corrected chi connectivity index (χ3v) is 3.53. The van der Waals surface area contributed by atoms with E-state index in [4.69, 9.17) is 0 Å². The second-order valence-corrected chi connectivity index (χ2v) is 5.11. The van der Waals surface area contributed by atoms with Crippen LogP contribution >= 0.6 is 0 Å². The third kappa shape index (κ3) is 3.27. The highest BCUT2D eigenvalue weighted by Gasteiger charge is 2.09. The zero-order valence-electron chi connectivity index (χ0n) is 12.4. The van der Waals surface area contributed by atoms with Crippen LogP contribution in [0.15, 0.2) is 42.5 Å². The Labute approximate surface area is 120 Å². The Kier molecular flexibility index (Phi) is 4.57. The number of hydrogen-bond donors (Lipinski definition) is 1. The summed E-state index contributed by atoms with van der Waals surface area (Å²) in [5, 5.41) is 3.26. The van der Waals surface area contributed by atoms with Crippen LogP contribution in [0.4, 0.5) is 5.69 Å². The number of ketones is 1. The minimum Gasteiger partial charge on any atom is -0.377 e. The molecule has 0 atom stereocenters. The van der Waals surface area contributed by atoms with Gasteiger partial charge in [0.05, 0.1) is 6.54 Å². The largest absolute Gasteiger partial charge is 0.377 e. The molecule has 0 aliphatic heterocycles. The van der Waals surface area contributed by atoms with Crippen LogP contribution < -0.4 is 5.32 Å². The number of carbonyl (C=O) groups excluding carboxylic acids is 1. The summed E-state index contributed by atoms with van der Waals surface area (Å²) in [6.07, 6.45) is 0.959. The van der Waals surface area contributed by atoms with E-state index in [2.05, 4.69) is 18.3 Å². The van der Waals surface area contributed by atoms with Crippen LogP contribution in [0.25, 0.3) is 0 Å². The number of aryl methyl sites for hydroxylation is 3. The van der Waals surface area contributed by atoms with Crippen LogP contribution in [0.2, 0.25) is 0 Å². The minimum atomic E-state index is 0.136. The van der Waals surface area contributed by atoms with Crippen molar-refractivity contribution in [1.29, 1.82) is 0 Å². The maximum Gasteiger partial charge on any atom is 0.182 e. The summed E-state index contributed by atoms with van der Waals surface area (Å²) in [5.41, 5.74) is 5.25. The molecule has 0 spiro atoms. The Morgan fingerprint density at radius 1 is 1.10 bits per heavy atom. The first-order chi connectivity index (χ1) is 9.61. The SMILES string of the molecule is CCc1ccccc1NCC(=O)c1cc(C)ccc1C. The van der Waals surface area contributed by atoms with Crippen molar-refractivity contribution in [3.8, 4) is 0 Å². The molecule has 2 rings (SSSR count). The molecule has 0 amide bonds. The van der Waals surface area contributed by atoms with E-state index < -0.39 is 0 Å². The molecule has 2 nitrogen and oxygen atoms in total. The van der Waals surface area contributed by atoms with Crippen molar-refractivity contribution in [3.63, 3.8) is 0 Å². The van der Waals surface area contributed by atoms with Crippen molar-refractivity contribution in [1.82, 2.24) is 0 Å². The van der Waals surface area contributed by atoms with Gasteiger partial charge < -0.3 is 5.32 Å². The molecule has 0 radical (unpaired) electrons. The standard InChI is InChI=1S/C18H21NO/c1-4-15-7-5-6-8-17(15)19-12-18(20)16-11-13(2)9-10-14(16)3/h5-11,19H,4,12H2,1-3H3. The summed E-state index contributed by atoms with van der Waals surface area (Å²) in [7, 11) is 0. The van der Waals surface area contributed by atoms with E-state index in [0.717, 1.165) is 28.8 Å². The third-order valence-electron chi connectivity index (χ3n) is 3.53. The van der Waals surface area contributed by atoms with E-state index in [9.17, 15) is 4.79 Å². The lowest BCUT2D eigenvalue weighted by Crippen LogP contribution is -2.16. The Morgan fingerprint density at radius 3 is 2.60 bits per heavy atom. The molecule has 2 heteroatoms. The van der Waals surface area contributed by atoms with Gasteiger partial charge in [-0.05, 0) is 43.5 Å². The second-order valence-electron chi connectivity index (χ2n) is 5.11. The predicted octanol–water partition coefficient (Wildman–Crippen LogP) is 4.16. The van der Waals surface area contributed by atoms with E-state index in [1.54, 1.807) is 0 Å². The topological polar surface area (TPSA) is 29.1 Å². The number of Topliss-reactive ketones (excluding diaryl/α,β-unsaturated/α-hetero) is 1. The van der Waals surface area contributed by atoms with Crippen molar-refractivity contribution in [3.05, 3.63) is 64.7 Å². The molecule has 0 unspecified atom stereocenters. The van der Waals surface area contributed by atoms with E-state index in [-0.39, 0.29) is 5.78 Å². The average Bonchev–Trinajstić information content (AvgIpc) is 2.47. The highest BCUT2D eigenvalue weighted by Crippen LogP contribution is 2.16. The summed E-state index contributed by atoms with van der Waals surface area (Å²) >= 11 is 0. The fourth-order valence-corrected chi connectivity index (χ4v) is 2.31. The molecule has 1 N–H and O–H groups in total. The summed E-state index contributed by atoms with van der Waals surface area (Å²) < 4.78 is 0. The number of para-hydroxylation sites is 1. The van der Waals surface area contributed by atoms with Gasteiger partial charge in [-0.1, -0.05) is 42.8 Å². The zero-order valence-corrected chi connectivity index (χ0v) is 12.4. The molecule has 2 aromatic carbocycles. The van der Waals surface area contributed by atoms with Crippen molar-refractivity contribution < 1.29 is 4.79 Å². The highest BCUT2D eigenvalue weighted by atomic mass is 16.1. The minimum absolute atomic E-state index is 0.136. The second kappa shape index (κ2) is 6.38. The molecular formula is C18H21NO. The number of hydrogen-bond acceptors (Lipinski definition) is 2. The van der Waals surface area contributed by atoms with Gasteiger partial charge in [-0.25, -0.2) is 0 Å². The van der Waals surface area contributed by atoms with Crippen molar-refractivity contribution in [2.45, 2.75) is 27.2 Å². The van der Waals surface area contributed by atoms with E-state index in [0.29, 0.717) is 6.54 Å². The maximum absolute atomic E-state index is 12.3. The van der Waals surface area contributed by atoms with Gasteiger partial charge in [0, 0.05) is 11.3 Å². The van der Waals surface area contributed by atoms with Crippen LogP contribution in [0.3, 0.4) is 0 Å². The predicted molar refractivity (Wildman–Crippen MR) is 84.6 cm³/mol. The molecule has 0 aliphatic carbocycles. The Hall–Kier alpha value is -2.09. The fraction of sp³-hybridized carbons (Fsp3) is 0.278. The molecule has 0 fully saturated rings. The quantitative estimate of drug-likeness (QED) is 0.824. The molecule has 0 saturated carbocycles. The van der Waals surface area contributed by atoms with Gasteiger partial charge in [0.15, 0.2) is 5.78 Å². The lowest BCUT2D eigenvalue weighted by atomic mass is 10.0. The molecule has 0 aromatic heterocycles. The maximum atomic E-state index is 12.3. The number of anilines is 1. The van der Waals surface area contributed by atoms with Gasteiger partial charge in [0.1, 0.15) is 0 Å². The fourth-order valence-electron chi connectivity index (χ4n) is 2.31. The highest BCUT2D eigenvalue weighted by molar-refractivity contribution is 6.00. The van der Waals surface area contributed by atoms with E-state index in [1.807, 2.05) is 50.2 Å². The van der Waals surface area contributed by atoms with Crippen LogP contribution in [-0.2, 0) is 6.42 Å². The number of benzene rings is 2. The number of carbonyl (C=O) groups is 1. The average molecular weight is 267 g/mol. The first kappa shape index (κ1) is 14.3. The summed E-state index contributed by atoms with van der Waals surface area (Å²) in [4.78, 5) is 12.3. The smallest absolute Gasteiger partial charge is 0.182 e. The molecule has 20 heavy (non-hydrogen) atoms. The van der Waals surface area contributed by atoms with Gasteiger partial charge in [-0.15, -0.1) is 0 Å². The monoisotopic (exact) mass is 267 g/mol. The van der Waals surface area contributed by atoms with Gasteiger partial charge in [-0.2, -0.15) is 0 Å². The molecule has 0 saturated heterocycles. The van der Waals surface area contributed by atoms with Crippen molar-refractivity contribution in [2.24, 2.45) is 0 Å². The summed E-state index contributed by atoms with van der Waals surface area (Å²) in [5.74, 6) is 0.136. The Balaban J connectivity index is 2.11. The van der Waals surface area contributed by atoms with Gasteiger partial charge in [0.2, 0.25) is 0 Å². The summed E-state index contributed by atoms with van der Waals surface area (Å²) in [6, 6.07) is 14.1. The van der Waals surface area contributed by atoms with E-state index in [1.165, 1.54) is 5.56 Å². The van der Waals surface area contributed by atoms with Gasteiger partial charge in [0.25, 0.3) is 0 Å². The molecule has 0 aliphatic rings. The molecule has 0 bridgehead atoms. The normalized spacial score (nSPS) is 10.3. The van der Waals surface area contributed by atoms with Crippen molar-refractivity contribution >= 4 is 11.5 Å². The van der Waals surface area contributed by atoms with Crippen LogP contribution in [0.5, 0.6) is 0 Å². The molecule has 2 aromatic rings. The molecular weight excluding hydrogens is 246 g/mol. The van der Waals surface area contributed by atoms with Crippen LogP contribution in [-0.4, -0.2) is 12.3 Å². The van der Waals surface area contributed by atoms with Gasteiger partial charge >= 0.3 is 0 Å². The van der Waals surface area contributed by atoms with E-state index >= 15 is 0 Å².